The highest BCUT2D eigenvalue weighted by Gasteiger charge is 2.21. The summed E-state index contributed by atoms with van der Waals surface area (Å²) in [5, 5.41) is 13.6. The third-order valence-corrected chi connectivity index (χ3v) is 4.70. The van der Waals surface area contributed by atoms with Gasteiger partial charge in [-0.1, -0.05) is 53.4 Å². The predicted molar refractivity (Wildman–Crippen MR) is 79.9 cm³/mol. The van der Waals surface area contributed by atoms with Crippen LogP contribution < -0.4 is 0 Å². The van der Waals surface area contributed by atoms with Crippen LogP contribution in [0, 0.1) is 0 Å². The van der Waals surface area contributed by atoms with Gasteiger partial charge in [0.25, 0.3) is 5.91 Å². The standard InChI is InChI=1S/C13H12N4OS2/c18-12(8-19-13-15-14-9-20-13)17-7-6-11(16-17)10-4-2-1-3-5-10/h1-5,9H,6-8H2. The van der Waals surface area contributed by atoms with Crippen LogP contribution in [0.15, 0.2) is 45.3 Å². The van der Waals surface area contributed by atoms with Crippen molar-refractivity contribution in [2.24, 2.45) is 5.10 Å². The molecule has 0 unspecified atom stereocenters. The van der Waals surface area contributed by atoms with Crippen LogP contribution in [0.1, 0.15) is 12.0 Å². The molecule has 0 spiro atoms. The maximum Gasteiger partial charge on any atom is 0.253 e. The van der Waals surface area contributed by atoms with Crippen LogP contribution >= 0.6 is 23.1 Å². The van der Waals surface area contributed by atoms with Crippen LogP contribution in [0.3, 0.4) is 0 Å². The number of benzene rings is 1. The van der Waals surface area contributed by atoms with Crippen LogP contribution in [0.25, 0.3) is 0 Å². The molecule has 0 atom stereocenters. The number of thioether (sulfide) groups is 1. The van der Waals surface area contributed by atoms with Crippen molar-refractivity contribution in [3.05, 3.63) is 41.4 Å². The predicted octanol–water partition coefficient (Wildman–Crippen LogP) is 2.27. The molecule has 0 fully saturated rings. The van der Waals surface area contributed by atoms with Crippen LogP contribution in [0.5, 0.6) is 0 Å². The lowest BCUT2D eigenvalue weighted by molar-refractivity contribution is -0.127. The Kier molecular flexibility index (Phi) is 4.08. The molecule has 5 nitrogen and oxygen atoms in total. The normalized spacial score (nSPS) is 14.4. The van der Waals surface area contributed by atoms with E-state index in [0.29, 0.717) is 12.3 Å². The van der Waals surface area contributed by atoms with E-state index in [1.165, 1.54) is 23.1 Å². The zero-order valence-electron chi connectivity index (χ0n) is 10.6. The molecule has 0 radical (unpaired) electrons. The van der Waals surface area contributed by atoms with E-state index in [4.69, 9.17) is 0 Å². The number of hydrazone groups is 1. The van der Waals surface area contributed by atoms with Crippen molar-refractivity contribution in [3.63, 3.8) is 0 Å². The first kappa shape index (κ1) is 13.3. The van der Waals surface area contributed by atoms with E-state index >= 15 is 0 Å². The molecule has 0 bridgehead atoms. The van der Waals surface area contributed by atoms with Crippen LogP contribution in [-0.2, 0) is 4.79 Å². The van der Waals surface area contributed by atoms with E-state index in [9.17, 15) is 4.79 Å². The lowest BCUT2D eigenvalue weighted by Crippen LogP contribution is -2.25. The van der Waals surface area contributed by atoms with Gasteiger partial charge in [-0.05, 0) is 5.56 Å². The number of carbonyl (C=O) groups is 1. The first-order chi connectivity index (χ1) is 9.83. The Hall–Kier alpha value is -1.73. The highest BCUT2D eigenvalue weighted by molar-refractivity contribution is 8.01. The number of aromatic nitrogens is 2. The SMILES string of the molecule is O=C(CSc1nncs1)N1CCC(c2ccccc2)=N1. The first-order valence-corrected chi connectivity index (χ1v) is 8.02. The Morgan fingerprint density at radius 3 is 2.95 bits per heavy atom. The minimum Gasteiger partial charge on any atom is -0.272 e. The van der Waals surface area contributed by atoms with E-state index in [2.05, 4.69) is 15.3 Å². The Morgan fingerprint density at radius 1 is 1.35 bits per heavy atom. The first-order valence-electron chi connectivity index (χ1n) is 6.15. The van der Waals surface area contributed by atoms with Crippen LogP contribution in [0.4, 0.5) is 0 Å². The zero-order chi connectivity index (χ0) is 13.8. The Morgan fingerprint density at radius 2 is 2.20 bits per heavy atom. The summed E-state index contributed by atoms with van der Waals surface area (Å²) in [6.07, 6.45) is 0.805. The summed E-state index contributed by atoms with van der Waals surface area (Å²) in [5.41, 5.74) is 3.72. The topological polar surface area (TPSA) is 58.5 Å². The largest absolute Gasteiger partial charge is 0.272 e. The summed E-state index contributed by atoms with van der Waals surface area (Å²) < 4.78 is 0.810. The molecule has 1 aliphatic heterocycles. The van der Waals surface area contributed by atoms with Crippen LogP contribution in [0.2, 0.25) is 0 Å². The van der Waals surface area contributed by atoms with E-state index in [0.717, 1.165) is 22.0 Å². The molecular formula is C13H12N4OS2. The Labute approximate surface area is 124 Å². The molecule has 0 aliphatic carbocycles. The lowest BCUT2D eigenvalue weighted by Gasteiger charge is -2.09. The zero-order valence-corrected chi connectivity index (χ0v) is 12.2. The summed E-state index contributed by atoms with van der Waals surface area (Å²) in [6, 6.07) is 9.97. The molecule has 102 valence electrons. The van der Waals surface area contributed by atoms with Gasteiger partial charge in [0, 0.05) is 6.42 Å². The van der Waals surface area contributed by atoms with Crippen LogP contribution in [-0.4, -0.2) is 39.1 Å². The van der Waals surface area contributed by atoms with Gasteiger partial charge in [-0.3, -0.25) is 4.79 Å². The summed E-state index contributed by atoms with van der Waals surface area (Å²) in [4.78, 5) is 12.1. The van der Waals surface area contributed by atoms with Gasteiger partial charge in [0.15, 0.2) is 4.34 Å². The highest BCUT2D eigenvalue weighted by atomic mass is 32.2. The molecule has 1 amide bonds. The van der Waals surface area contributed by atoms with Gasteiger partial charge in [-0.2, -0.15) is 5.10 Å². The van der Waals surface area contributed by atoms with Crippen molar-refractivity contribution in [1.29, 1.82) is 0 Å². The number of nitrogens with zero attached hydrogens (tertiary/aromatic N) is 4. The molecule has 2 heterocycles. The molecule has 1 aromatic heterocycles. The molecule has 1 aliphatic rings. The summed E-state index contributed by atoms with van der Waals surface area (Å²) in [5.74, 6) is 0.358. The minimum absolute atomic E-state index is 0.0103. The number of hydrogen-bond donors (Lipinski definition) is 0. The highest BCUT2D eigenvalue weighted by Crippen LogP contribution is 2.21. The quantitative estimate of drug-likeness (QED) is 0.813. The van der Waals surface area contributed by atoms with E-state index in [1.54, 1.807) is 10.5 Å². The molecule has 1 aromatic carbocycles. The molecule has 0 saturated carbocycles. The van der Waals surface area contributed by atoms with Crippen molar-refractivity contribution in [1.82, 2.24) is 15.2 Å². The van der Waals surface area contributed by atoms with Crippen molar-refractivity contribution in [2.75, 3.05) is 12.3 Å². The second kappa shape index (κ2) is 6.15. The number of rotatable bonds is 4. The van der Waals surface area contributed by atoms with E-state index in [-0.39, 0.29) is 5.91 Å². The lowest BCUT2D eigenvalue weighted by atomic mass is 10.1. The Bertz CT molecular complexity index is 613. The van der Waals surface area contributed by atoms with Gasteiger partial charge < -0.3 is 0 Å². The molecule has 0 N–H and O–H groups in total. The van der Waals surface area contributed by atoms with Gasteiger partial charge in [-0.15, -0.1) is 10.2 Å². The fourth-order valence-corrected chi connectivity index (χ4v) is 3.25. The maximum atomic E-state index is 12.1. The monoisotopic (exact) mass is 304 g/mol. The number of carbonyl (C=O) groups excluding carboxylic acids is 1. The average Bonchev–Trinajstić information content (AvgIpc) is 3.17. The molecular weight excluding hydrogens is 292 g/mol. The molecule has 20 heavy (non-hydrogen) atoms. The fourth-order valence-electron chi connectivity index (χ4n) is 1.89. The van der Waals surface area contributed by atoms with Crippen molar-refractivity contribution in [2.45, 2.75) is 10.8 Å². The molecule has 2 aromatic rings. The fraction of sp³-hybridized carbons (Fsp3) is 0.231. The smallest absolute Gasteiger partial charge is 0.253 e. The summed E-state index contributed by atoms with van der Waals surface area (Å²) >= 11 is 2.84. The third-order valence-electron chi connectivity index (χ3n) is 2.86. The Balaban J connectivity index is 1.61. The van der Waals surface area contributed by atoms with Crippen molar-refractivity contribution < 1.29 is 4.79 Å². The van der Waals surface area contributed by atoms with Crippen molar-refractivity contribution >= 4 is 34.7 Å². The summed E-state index contributed by atoms with van der Waals surface area (Å²) in [7, 11) is 0. The number of hydrogen-bond acceptors (Lipinski definition) is 6. The van der Waals surface area contributed by atoms with Gasteiger partial charge in [0.1, 0.15) is 5.51 Å². The van der Waals surface area contributed by atoms with E-state index < -0.39 is 0 Å². The van der Waals surface area contributed by atoms with Crippen molar-refractivity contribution in [3.8, 4) is 0 Å². The van der Waals surface area contributed by atoms with Gasteiger partial charge >= 0.3 is 0 Å². The average molecular weight is 304 g/mol. The maximum absolute atomic E-state index is 12.1. The van der Waals surface area contributed by atoms with Gasteiger partial charge in [-0.25, -0.2) is 5.01 Å². The van der Waals surface area contributed by atoms with E-state index in [1.807, 2.05) is 30.3 Å². The molecule has 7 heteroatoms. The van der Waals surface area contributed by atoms with Gasteiger partial charge in [0.05, 0.1) is 18.0 Å². The minimum atomic E-state index is 0.0103. The molecule has 3 rings (SSSR count). The van der Waals surface area contributed by atoms with Gasteiger partial charge in [0.2, 0.25) is 0 Å². The second-order valence-corrected chi connectivity index (χ2v) is 6.23. The third kappa shape index (κ3) is 3.05. The number of amides is 1. The second-order valence-electron chi connectivity index (χ2n) is 4.17. The molecule has 0 saturated heterocycles. The summed E-state index contributed by atoms with van der Waals surface area (Å²) in [6.45, 7) is 0.653.